The van der Waals surface area contributed by atoms with Crippen LogP contribution in [-0.4, -0.2) is 58.6 Å². The number of fused-ring (bicyclic) bond motifs is 4. The predicted octanol–water partition coefficient (Wildman–Crippen LogP) is 2.33. The maximum Gasteiger partial charge on any atom is 0.302 e. The first-order chi connectivity index (χ1) is 17.6. The molecule has 0 spiro atoms. The third-order valence-electron chi connectivity index (χ3n) is 7.02. The molecular formula is C28H34N4O5. The van der Waals surface area contributed by atoms with Gasteiger partial charge in [-0.05, 0) is 44.6 Å². The van der Waals surface area contributed by atoms with Gasteiger partial charge in [0.05, 0.1) is 29.0 Å². The van der Waals surface area contributed by atoms with Crippen LogP contribution in [0.1, 0.15) is 49.4 Å². The molecule has 2 aromatic heterocycles. The molecule has 1 aromatic carbocycles. The van der Waals surface area contributed by atoms with Crippen molar-refractivity contribution in [3.8, 4) is 11.4 Å². The minimum atomic E-state index is -2.00. The van der Waals surface area contributed by atoms with Crippen LogP contribution in [0.5, 0.6) is 0 Å². The Balaban J connectivity index is 1.92. The number of para-hydroxylation sites is 1. The van der Waals surface area contributed by atoms with E-state index in [2.05, 4.69) is 12.2 Å². The fourth-order valence-corrected chi connectivity index (χ4v) is 5.00. The van der Waals surface area contributed by atoms with Gasteiger partial charge in [-0.2, -0.15) is 0 Å². The quantitative estimate of drug-likeness (QED) is 0.335. The van der Waals surface area contributed by atoms with Crippen LogP contribution in [0, 0.1) is 0 Å². The molecular weight excluding hydrogens is 472 g/mol. The molecule has 9 nitrogen and oxygen atoms in total. The van der Waals surface area contributed by atoms with Crippen molar-refractivity contribution < 1.29 is 19.4 Å². The highest BCUT2D eigenvalue weighted by molar-refractivity contribution is 5.89. The Morgan fingerprint density at radius 3 is 2.59 bits per heavy atom. The molecule has 0 bridgehead atoms. The van der Waals surface area contributed by atoms with Gasteiger partial charge in [0.2, 0.25) is 0 Å². The van der Waals surface area contributed by atoms with E-state index >= 15 is 0 Å². The third kappa shape index (κ3) is 4.76. The van der Waals surface area contributed by atoms with Gasteiger partial charge in [0.1, 0.15) is 6.61 Å². The lowest BCUT2D eigenvalue weighted by Crippen LogP contribution is -2.47. The first kappa shape index (κ1) is 26.5. The molecule has 9 heteroatoms. The Labute approximate surface area is 216 Å². The molecule has 1 aliphatic heterocycles. The van der Waals surface area contributed by atoms with E-state index < -0.39 is 23.0 Å². The summed E-state index contributed by atoms with van der Waals surface area (Å²) in [6.45, 7) is 5.89. The summed E-state index contributed by atoms with van der Waals surface area (Å²) >= 11 is 0. The molecule has 37 heavy (non-hydrogen) atoms. The van der Waals surface area contributed by atoms with Crippen LogP contribution in [0.3, 0.4) is 0 Å². The number of carbonyl (C=O) groups excluding carboxylic acids is 2. The van der Waals surface area contributed by atoms with Crippen molar-refractivity contribution in [1.29, 1.82) is 0 Å². The van der Waals surface area contributed by atoms with Crippen molar-refractivity contribution in [1.82, 2.24) is 19.8 Å². The Morgan fingerprint density at radius 2 is 1.95 bits per heavy atom. The molecule has 3 aromatic rings. The lowest BCUT2D eigenvalue weighted by Gasteiger charge is -2.29. The van der Waals surface area contributed by atoms with Gasteiger partial charge in [0.25, 0.3) is 11.5 Å². The largest absolute Gasteiger partial charge is 0.461 e. The summed E-state index contributed by atoms with van der Waals surface area (Å²) < 4.78 is 6.80. The number of benzene rings is 1. The number of nitrogens with one attached hydrogen (secondary N) is 1. The molecule has 1 atom stereocenters. The van der Waals surface area contributed by atoms with E-state index in [9.17, 15) is 19.5 Å². The van der Waals surface area contributed by atoms with Gasteiger partial charge in [0.15, 0.2) is 5.60 Å². The Bertz CT molecular complexity index is 1430. The van der Waals surface area contributed by atoms with Crippen LogP contribution in [0.25, 0.3) is 22.3 Å². The molecule has 0 saturated carbocycles. The number of hydrogen-bond donors (Lipinski definition) is 2. The second-order valence-corrected chi connectivity index (χ2v) is 9.65. The number of esters is 1. The number of nitrogens with zero attached hydrogens (tertiary/aromatic N) is 3. The van der Waals surface area contributed by atoms with Gasteiger partial charge in [-0.1, -0.05) is 32.0 Å². The lowest BCUT2D eigenvalue weighted by molar-refractivity contribution is -0.142. The van der Waals surface area contributed by atoms with Crippen LogP contribution in [0.4, 0.5) is 0 Å². The highest BCUT2D eigenvalue weighted by Crippen LogP contribution is 2.38. The van der Waals surface area contributed by atoms with Gasteiger partial charge < -0.3 is 24.6 Å². The number of carbonyl (C=O) groups is 2. The summed E-state index contributed by atoms with van der Waals surface area (Å²) in [7, 11) is 3.77. The second-order valence-electron chi connectivity index (χ2n) is 9.65. The van der Waals surface area contributed by atoms with Crippen LogP contribution < -0.4 is 10.9 Å². The van der Waals surface area contributed by atoms with Crippen LogP contribution >= 0.6 is 0 Å². The summed E-state index contributed by atoms with van der Waals surface area (Å²) in [5.74, 6) is -1.17. The minimum Gasteiger partial charge on any atom is -0.461 e. The standard InChI is InChI=1S/C28H34N4O5/c1-6-18-19-10-8-9-11-23(19)30-25-20(18)15-32-24(25)14-22(21(26(32)34)16-37-17(3)33)28(36,7-2)27(35)29-12-13-31(4)5/h8-11,14,36H,6-7,12-13,15-16H2,1-5H3,(H,29,35)/t28-/m0/s1. The number of ether oxygens (including phenoxy) is 1. The number of hydrogen-bond acceptors (Lipinski definition) is 7. The molecule has 1 amide bonds. The monoisotopic (exact) mass is 506 g/mol. The van der Waals surface area contributed by atoms with E-state index in [4.69, 9.17) is 9.72 Å². The van der Waals surface area contributed by atoms with Gasteiger partial charge >= 0.3 is 5.97 Å². The number of amides is 1. The predicted molar refractivity (Wildman–Crippen MR) is 141 cm³/mol. The van der Waals surface area contributed by atoms with Crippen molar-refractivity contribution in [2.24, 2.45) is 0 Å². The maximum atomic E-state index is 13.8. The molecule has 2 N–H and O–H groups in total. The number of likely N-dealkylation sites (N-methyl/N-ethyl adjacent to an activating group) is 1. The molecule has 0 fully saturated rings. The molecule has 0 unspecified atom stereocenters. The number of aromatic nitrogens is 2. The van der Waals surface area contributed by atoms with E-state index in [0.29, 0.717) is 31.0 Å². The topological polar surface area (TPSA) is 114 Å². The fraction of sp³-hybridized carbons (Fsp3) is 0.429. The van der Waals surface area contributed by atoms with Crippen LogP contribution in [-0.2, 0) is 39.5 Å². The Morgan fingerprint density at radius 1 is 1.22 bits per heavy atom. The van der Waals surface area contributed by atoms with E-state index in [1.54, 1.807) is 17.6 Å². The average Bonchev–Trinajstić information content (AvgIpc) is 3.24. The van der Waals surface area contributed by atoms with E-state index in [1.165, 1.54) is 6.92 Å². The summed E-state index contributed by atoms with van der Waals surface area (Å²) in [4.78, 5) is 45.6. The molecule has 3 heterocycles. The summed E-state index contributed by atoms with van der Waals surface area (Å²) in [6.07, 6.45) is 0.781. The minimum absolute atomic E-state index is 0.0228. The fourth-order valence-electron chi connectivity index (χ4n) is 5.00. The molecule has 196 valence electrons. The summed E-state index contributed by atoms with van der Waals surface area (Å²) in [6, 6.07) is 9.52. The molecule has 0 radical (unpaired) electrons. The van der Waals surface area contributed by atoms with Gasteiger partial charge in [-0.15, -0.1) is 0 Å². The highest BCUT2D eigenvalue weighted by Gasteiger charge is 2.41. The van der Waals surface area contributed by atoms with Gasteiger partial charge in [-0.3, -0.25) is 14.4 Å². The zero-order chi connectivity index (χ0) is 26.9. The molecule has 1 aliphatic rings. The highest BCUT2D eigenvalue weighted by atomic mass is 16.5. The first-order valence-corrected chi connectivity index (χ1v) is 12.6. The van der Waals surface area contributed by atoms with Crippen molar-refractivity contribution >= 4 is 22.8 Å². The number of aryl methyl sites for hydroxylation is 1. The van der Waals surface area contributed by atoms with E-state index in [-0.39, 0.29) is 24.2 Å². The van der Waals surface area contributed by atoms with Crippen molar-refractivity contribution in [2.75, 3.05) is 27.2 Å². The van der Waals surface area contributed by atoms with Crippen molar-refractivity contribution in [2.45, 2.75) is 52.4 Å². The molecule has 0 aliphatic carbocycles. The summed E-state index contributed by atoms with van der Waals surface area (Å²) in [5, 5.41) is 15.5. The van der Waals surface area contributed by atoms with Gasteiger partial charge in [0, 0.05) is 36.5 Å². The van der Waals surface area contributed by atoms with E-state index in [1.807, 2.05) is 43.3 Å². The Hall–Kier alpha value is -3.56. The molecule has 0 saturated heterocycles. The number of pyridine rings is 2. The third-order valence-corrected chi connectivity index (χ3v) is 7.02. The maximum absolute atomic E-state index is 13.8. The zero-order valence-corrected chi connectivity index (χ0v) is 22.1. The van der Waals surface area contributed by atoms with Gasteiger partial charge in [-0.25, -0.2) is 4.98 Å². The van der Waals surface area contributed by atoms with E-state index in [0.717, 1.165) is 28.5 Å². The van der Waals surface area contributed by atoms with Crippen molar-refractivity contribution in [3.63, 3.8) is 0 Å². The summed E-state index contributed by atoms with van der Waals surface area (Å²) in [5.41, 5.74) is 1.89. The number of rotatable bonds is 9. The number of aliphatic hydroxyl groups is 1. The first-order valence-electron chi connectivity index (χ1n) is 12.6. The SMILES string of the molecule is CCc1c2c(nc3ccccc13)-c1cc([C@@](O)(CC)C(=O)NCCN(C)C)c(COC(C)=O)c(=O)n1C2. The lowest BCUT2D eigenvalue weighted by atomic mass is 9.86. The van der Waals surface area contributed by atoms with Crippen molar-refractivity contribution in [3.05, 3.63) is 62.9 Å². The normalized spacial score (nSPS) is 13.8. The zero-order valence-electron chi connectivity index (χ0n) is 22.1. The van der Waals surface area contributed by atoms with Crippen LogP contribution in [0.15, 0.2) is 35.1 Å². The smallest absolute Gasteiger partial charge is 0.302 e. The second kappa shape index (κ2) is 10.4. The van der Waals surface area contributed by atoms with Crippen LogP contribution in [0.2, 0.25) is 0 Å². The Kier molecular flexibility index (Phi) is 7.47. The average molecular weight is 507 g/mol. The molecule has 4 rings (SSSR count).